The van der Waals surface area contributed by atoms with Gasteiger partial charge >= 0.3 is 11.9 Å². The summed E-state index contributed by atoms with van der Waals surface area (Å²) in [6, 6.07) is 6.46. The van der Waals surface area contributed by atoms with Crippen LogP contribution in [0.4, 0.5) is 0 Å². The first-order valence-electron chi connectivity index (χ1n) is 6.75. The van der Waals surface area contributed by atoms with Crippen LogP contribution in [0, 0.1) is 6.92 Å². The van der Waals surface area contributed by atoms with Gasteiger partial charge in [-0.2, -0.15) is 0 Å². The Balaban J connectivity index is 2.20. The SMILES string of the molecule is COC(=O)/C=C\c1ccc(OC(=O)c2ccoc2C)c(OC)c1. The van der Waals surface area contributed by atoms with E-state index in [0.29, 0.717) is 22.6 Å². The quantitative estimate of drug-likeness (QED) is 0.479. The topological polar surface area (TPSA) is 75.0 Å². The van der Waals surface area contributed by atoms with Crippen LogP contribution in [-0.2, 0) is 9.53 Å². The molecule has 0 saturated carbocycles. The van der Waals surface area contributed by atoms with Gasteiger partial charge in [-0.1, -0.05) is 6.07 Å². The Hall–Kier alpha value is -3.02. The Morgan fingerprint density at radius 1 is 1.13 bits per heavy atom. The molecule has 0 aliphatic rings. The largest absolute Gasteiger partial charge is 0.493 e. The fourth-order valence-electron chi connectivity index (χ4n) is 1.86. The predicted molar refractivity (Wildman–Crippen MR) is 82.4 cm³/mol. The van der Waals surface area contributed by atoms with Gasteiger partial charge in [0.15, 0.2) is 11.5 Å². The van der Waals surface area contributed by atoms with Crippen molar-refractivity contribution in [2.24, 2.45) is 0 Å². The minimum atomic E-state index is -0.535. The Morgan fingerprint density at radius 2 is 1.91 bits per heavy atom. The number of carbonyl (C=O) groups is 2. The van der Waals surface area contributed by atoms with Crippen LogP contribution in [0.25, 0.3) is 6.08 Å². The first-order chi connectivity index (χ1) is 11.0. The van der Waals surface area contributed by atoms with Gasteiger partial charge in [-0.3, -0.25) is 0 Å². The molecule has 0 amide bonds. The van der Waals surface area contributed by atoms with Crippen molar-refractivity contribution in [3.05, 3.63) is 53.5 Å². The van der Waals surface area contributed by atoms with E-state index >= 15 is 0 Å². The molecular weight excluding hydrogens is 300 g/mol. The van der Waals surface area contributed by atoms with Gasteiger partial charge in [0, 0.05) is 6.08 Å². The van der Waals surface area contributed by atoms with E-state index in [1.54, 1.807) is 31.2 Å². The smallest absolute Gasteiger partial charge is 0.347 e. The molecule has 0 N–H and O–H groups in total. The lowest BCUT2D eigenvalue weighted by atomic mass is 10.2. The maximum Gasteiger partial charge on any atom is 0.347 e. The van der Waals surface area contributed by atoms with Crippen LogP contribution in [0.2, 0.25) is 0 Å². The molecule has 120 valence electrons. The van der Waals surface area contributed by atoms with Crippen molar-refractivity contribution >= 4 is 18.0 Å². The minimum absolute atomic E-state index is 0.272. The average molecular weight is 316 g/mol. The standard InChI is InChI=1S/C17H16O6/c1-11-13(8-9-22-11)17(19)23-14-6-4-12(10-15(14)20-2)5-7-16(18)21-3/h4-10H,1-3H3/b7-5-. The van der Waals surface area contributed by atoms with Crippen LogP contribution in [0.15, 0.2) is 41.0 Å². The van der Waals surface area contributed by atoms with Gasteiger partial charge in [0.25, 0.3) is 0 Å². The average Bonchev–Trinajstić information content (AvgIpc) is 2.99. The van der Waals surface area contributed by atoms with Gasteiger partial charge < -0.3 is 18.6 Å². The molecule has 0 aliphatic heterocycles. The summed E-state index contributed by atoms with van der Waals surface area (Å²) in [7, 11) is 2.76. The third kappa shape index (κ3) is 4.00. The fourth-order valence-corrected chi connectivity index (χ4v) is 1.86. The zero-order valence-electron chi connectivity index (χ0n) is 13.0. The zero-order valence-corrected chi connectivity index (χ0v) is 13.0. The number of aryl methyl sites for hydroxylation is 1. The number of hydrogen-bond acceptors (Lipinski definition) is 6. The molecule has 0 saturated heterocycles. The van der Waals surface area contributed by atoms with Crippen molar-refractivity contribution in [1.29, 1.82) is 0 Å². The summed E-state index contributed by atoms with van der Waals surface area (Å²) in [6.07, 6.45) is 4.28. The molecule has 6 nitrogen and oxygen atoms in total. The third-order valence-electron chi connectivity index (χ3n) is 3.08. The Morgan fingerprint density at radius 3 is 2.52 bits per heavy atom. The van der Waals surface area contributed by atoms with E-state index in [1.165, 1.54) is 32.6 Å². The molecule has 2 rings (SSSR count). The highest BCUT2D eigenvalue weighted by atomic mass is 16.6. The van der Waals surface area contributed by atoms with Crippen molar-refractivity contribution in [3.8, 4) is 11.5 Å². The highest BCUT2D eigenvalue weighted by molar-refractivity contribution is 5.92. The molecule has 0 radical (unpaired) electrons. The first kappa shape index (κ1) is 16.4. The van der Waals surface area contributed by atoms with E-state index in [0.717, 1.165) is 0 Å². The van der Waals surface area contributed by atoms with Gasteiger partial charge in [0.05, 0.1) is 20.5 Å². The van der Waals surface area contributed by atoms with Gasteiger partial charge in [-0.15, -0.1) is 0 Å². The number of hydrogen-bond donors (Lipinski definition) is 0. The summed E-state index contributed by atoms with van der Waals surface area (Å²) in [5.41, 5.74) is 1.05. The highest BCUT2D eigenvalue weighted by Gasteiger charge is 2.16. The normalized spacial score (nSPS) is 10.6. The lowest BCUT2D eigenvalue weighted by molar-refractivity contribution is -0.134. The Labute approximate surface area is 133 Å². The van der Waals surface area contributed by atoms with E-state index < -0.39 is 11.9 Å². The van der Waals surface area contributed by atoms with Crippen molar-refractivity contribution in [2.75, 3.05) is 14.2 Å². The summed E-state index contributed by atoms with van der Waals surface area (Å²) < 4.78 is 20.1. The van der Waals surface area contributed by atoms with Gasteiger partial charge in [0.2, 0.25) is 0 Å². The summed E-state index contributed by atoms with van der Waals surface area (Å²) >= 11 is 0. The van der Waals surface area contributed by atoms with Crippen LogP contribution in [0.5, 0.6) is 11.5 Å². The number of benzene rings is 1. The molecule has 2 aromatic rings. The summed E-state index contributed by atoms with van der Waals surface area (Å²) in [5.74, 6) is 0.119. The van der Waals surface area contributed by atoms with Crippen molar-refractivity contribution in [1.82, 2.24) is 0 Å². The molecule has 0 unspecified atom stereocenters. The first-order valence-corrected chi connectivity index (χ1v) is 6.75. The number of furan rings is 1. The van der Waals surface area contributed by atoms with E-state index in [2.05, 4.69) is 4.74 Å². The Kier molecular flexibility index (Phi) is 5.19. The van der Waals surface area contributed by atoms with E-state index in [-0.39, 0.29) is 5.75 Å². The molecule has 0 bridgehead atoms. The maximum absolute atomic E-state index is 12.1. The number of ether oxygens (including phenoxy) is 3. The number of esters is 2. The monoisotopic (exact) mass is 316 g/mol. The molecule has 0 fully saturated rings. The van der Waals surface area contributed by atoms with E-state index in [4.69, 9.17) is 13.9 Å². The minimum Gasteiger partial charge on any atom is -0.493 e. The van der Waals surface area contributed by atoms with Crippen molar-refractivity contribution < 1.29 is 28.2 Å². The summed E-state index contributed by atoms with van der Waals surface area (Å²) in [5, 5.41) is 0. The molecule has 1 aromatic carbocycles. The second kappa shape index (κ2) is 7.31. The second-order valence-corrected chi connectivity index (χ2v) is 4.55. The molecule has 0 aliphatic carbocycles. The van der Waals surface area contributed by atoms with Crippen LogP contribution >= 0.6 is 0 Å². The summed E-state index contributed by atoms with van der Waals surface area (Å²) in [6.45, 7) is 1.68. The second-order valence-electron chi connectivity index (χ2n) is 4.55. The van der Waals surface area contributed by atoms with Gasteiger partial charge in [-0.25, -0.2) is 9.59 Å². The van der Waals surface area contributed by atoms with Crippen molar-refractivity contribution in [3.63, 3.8) is 0 Å². The number of methoxy groups -OCH3 is 2. The fraction of sp³-hybridized carbons (Fsp3) is 0.176. The Bertz CT molecular complexity index is 741. The van der Waals surface area contributed by atoms with Crippen LogP contribution in [0.1, 0.15) is 21.7 Å². The van der Waals surface area contributed by atoms with Crippen molar-refractivity contribution in [2.45, 2.75) is 6.92 Å². The van der Waals surface area contributed by atoms with Crippen LogP contribution in [-0.4, -0.2) is 26.2 Å². The molecular formula is C17H16O6. The molecule has 23 heavy (non-hydrogen) atoms. The van der Waals surface area contributed by atoms with E-state index in [9.17, 15) is 9.59 Å². The van der Waals surface area contributed by atoms with E-state index in [1.807, 2.05) is 0 Å². The zero-order chi connectivity index (χ0) is 16.8. The summed E-state index contributed by atoms with van der Waals surface area (Å²) in [4.78, 5) is 23.2. The molecule has 1 aromatic heterocycles. The predicted octanol–water partition coefficient (Wildman–Crippen LogP) is 3.00. The van der Waals surface area contributed by atoms with Crippen LogP contribution < -0.4 is 9.47 Å². The third-order valence-corrected chi connectivity index (χ3v) is 3.08. The highest BCUT2D eigenvalue weighted by Crippen LogP contribution is 2.29. The number of carbonyl (C=O) groups excluding carboxylic acids is 2. The lowest BCUT2D eigenvalue weighted by Gasteiger charge is -2.09. The van der Waals surface area contributed by atoms with Gasteiger partial charge in [0.1, 0.15) is 11.3 Å². The molecule has 1 heterocycles. The maximum atomic E-state index is 12.1. The molecule has 0 atom stereocenters. The van der Waals surface area contributed by atoms with Gasteiger partial charge in [-0.05, 0) is 36.8 Å². The molecule has 0 spiro atoms. The number of rotatable bonds is 5. The molecule has 6 heteroatoms. The van der Waals surface area contributed by atoms with Crippen LogP contribution in [0.3, 0.4) is 0 Å². The lowest BCUT2D eigenvalue weighted by Crippen LogP contribution is -2.09.